The minimum Gasteiger partial charge on any atom is -0.490 e. The number of hydrogen-bond donors (Lipinski definition) is 0. The number of ether oxygens (including phenoxy) is 1. The van der Waals surface area contributed by atoms with Crippen LogP contribution in [0.25, 0.3) is 0 Å². The molecule has 0 spiro atoms. The molecule has 0 bridgehead atoms. The molecule has 1 fully saturated rings. The summed E-state index contributed by atoms with van der Waals surface area (Å²) in [6, 6.07) is 10.1. The Hall–Kier alpha value is -3.69. The van der Waals surface area contributed by atoms with Gasteiger partial charge in [0.2, 0.25) is 5.76 Å². The summed E-state index contributed by atoms with van der Waals surface area (Å²) in [5.74, 6) is 0.0705. The molecule has 2 aromatic heterocycles. The summed E-state index contributed by atoms with van der Waals surface area (Å²) in [6.07, 6.45) is -2.17. The summed E-state index contributed by atoms with van der Waals surface area (Å²) >= 11 is 0. The van der Waals surface area contributed by atoms with E-state index in [9.17, 15) is 22.8 Å². The predicted molar refractivity (Wildman–Crippen MR) is 115 cm³/mol. The number of alkyl halides is 3. The first kappa shape index (κ1) is 23.5. The molecular weight excluding hydrogens is 451 g/mol. The van der Waals surface area contributed by atoms with E-state index >= 15 is 0 Å². The Morgan fingerprint density at radius 1 is 1.15 bits per heavy atom. The number of rotatable bonds is 6. The highest BCUT2D eigenvalue weighted by Crippen LogP contribution is 2.28. The standard InChI is InChI=1S/C24H22F3N3O4/c1-15-5-6-16(13-19(31)18-3-2-4-22(29-18)24(25,26)27)14-21(15)33-17-8-11-30(12-9-17)23(32)20-7-10-28-34-20/h2-7,10,14,17H,8-9,11-13H2,1H3. The van der Waals surface area contributed by atoms with Crippen molar-refractivity contribution in [2.75, 3.05) is 13.1 Å². The van der Waals surface area contributed by atoms with Crippen LogP contribution in [-0.4, -0.2) is 45.9 Å². The molecule has 0 radical (unpaired) electrons. The number of benzene rings is 1. The van der Waals surface area contributed by atoms with Gasteiger partial charge in [-0.1, -0.05) is 23.4 Å². The van der Waals surface area contributed by atoms with Crippen molar-refractivity contribution in [3.63, 3.8) is 0 Å². The van der Waals surface area contributed by atoms with E-state index < -0.39 is 17.7 Å². The number of amides is 1. The topological polar surface area (TPSA) is 85.5 Å². The molecule has 3 heterocycles. The van der Waals surface area contributed by atoms with Crippen molar-refractivity contribution < 1.29 is 32.0 Å². The smallest absolute Gasteiger partial charge is 0.433 e. The van der Waals surface area contributed by atoms with Gasteiger partial charge in [0, 0.05) is 38.4 Å². The number of carbonyl (C=O) groups is 2. The lowest BCUT2D eigenvalue weighted by Crippen LogP contribution is -2.41. The maximum Gasteiger partial charge on any atom is 0.433 e. The summed E-state index contributed by atoms with van der Waals surface area (Å²) < 4.78 is 49.8. The average molecular weight is 473 g/mol. The summed E-state index contributed by atoms with van der Waals surface area (Å²) in [7, 11) is 0. The maximum atomic E-state index is 12.9. The highest BCUT2D eigenvalue weighted by molar-refractivity contribution is 5.95. The first-order valence-electron chi connectivity index (χ1n) is 10.7. The molecule has 1 saturated heterocycles. The minimum atomic E-state index is -4.61. The van der Waals surface area contributed by atoms with Gasteiger partial charge < -0.3 is 14.2 Å². The number of ketones is 1. The van der Waals surface area contributed by atoms with Gasteiger partial charge in [-0.3, -0.25) is 9.59 Å². The number of nitrogens with zero attached hydrogens (tertiary/aromatic N) is 3. The molecule has 3 aromatic rings. The Morgan fingerprint density at radius 2 is 1.91 bits per heavy atom. The van der Waals surface area contributed by atoms with Gasteiger partial charge in [-0.05, 0) is 36.2 Å². The van der Waals surface area contributed by atoms with Crippen LogP contribution in [0.2, 0.25) is 0 Å². The number of aromatic nitrogens is 2. The SMILES string of the molecule is Cc1ccc(CC(=O)c2cccc(C(F)(F)F)n2)cc1OC1CCN(C(=O)c2ccno2)CC1. The minimum absolute atomic E-state index is 0.102. The van der Waals surface area contributed by atoms with Crippen molar-refractivity contribution in [2.24, 2.45) is 0 Å². The fourth-order valence-corrected chi connectivity index (χ4v) is 3.74. The third kappa shape index (κ3) is 5.44. The number of likely N-dealkylation sites (tertiary alicyclic amines) is 1. The molecule has 1 amide bonds. The van der Waals surface area contributed by atoms with Crippen LogP contribution in [-0.2, 0) is 12.6 Å². The van der Waals surface area contributed by atoms with Crippen LogP contribution in [0, 0.1) is 6.92 Å². The lowest BCUT2D eigenvalue weighted by Gasteiger charge is -2.32. The van der Waals surface area contributed by atoms with Crippen molar-refractivity contribution in [1.29, 1.82) is 0 Å². The van der Waals surface area contributed by atoms with E-state index in [1.807, 2.05) is 6.92 Å². The molecule has 178 valence electrons. The van der Waals surface area contributed by atoms with E-state index in [0.29, 0.717) is 37.2 Å². The number of piperidine rings is 1. The summed E-state index contributed by atoms with van der Waals surface area (Å²) in [5.41, 5.74) is 0.150. The van der Waals surface area contributed by atoms with E-state index in [1.54, 1.807) is 23.1 Å². The Labute approximate surface area is 193 Å². The van der Waals surface area contributed by atoms with Crippen molar-refractivity contribution in [3.05, 3.63) is 76.9 Å². The quantitative estimate of drug-likeness (QED) is 0.490. The molecule has 4 rings (SSSR count). The van der Waals surface area contributed by atoms with Crippen LogP contribution in [0.3, 0.4) is 0 Å². The molecule has 0 N–H and O–H groups in total. The van der Waals surface area contributed by atoms with Crippen LogP contribution in [0.5, 0.6) is 5.75 Å². The summed E-state index contributed by atoms with van der Waals surface area (Å²) in [5, 5.41) is 3.56. The van der Waals surface area contributed by atoms with Crippen LogP contribution in [0.15, 0.2) is 53.2 Å². The Morgan fingerprint density at radius 3 is 2.59 bits per heavy atom. The molecule has 0 saturated carbocycles. The van der Waals surface area contributed by atoms with Gasteiger partial charge in [0.05, 0.1) is 6.20 Å². The zero-order chi connectivity index (χ0) is 24.3. The summed E-state index contributed by atoms with van der Waals surface area (Å²) in [4.78, 5) is 30.1. The Bertz CT molecular complexity index is 1170. The number of pyridine rings is 1. The Balaban J connectivity index is 1.38. The van der Waals surface area contributed by atoms with Crippen molar-refractivity contribution in [2.45, 2.75) is 38.5 Å². The van der Waals surface area contributed by atoms with Gasteiger partial charge in [-0.25, -0.2) is 4.98 Å². The van der Waals surface area contributed by atoms with Crippen LogP contribution in [0.1, 0.15) is 50.7 Å². The monoisotopic (exact) mass is 473 g/mol. The van der Waals surface area contributed by atoms with Crippen molar-refractivity contribution >= 4 is 11.7 Å². The van der Waals surface area contributed by atoms with E-state index in [-0.39, 0.29) is 29.9 Å². The fraction of sp³-hybridized carbons (Fsp3) is 0.333. The first-order chi connectivity index (χ1) is 16.2. The number of hydrogen-bond acceptors (Lipinski definition) is 6. The largest absolute Gasteiger partial charge is 0.490 e. The Kier molecular flexibility index (Phi) is 6.67. The zero-order valence-electron chi connectivity index (χ0n) is 18.3. The van der Waals surface area contributed by atoms with Gasteiger partial charge >= 0.3 is 6.18 Å². The third-order valence-electron chi connectivity index (χ3n) is 5.61. The van der Waals surface area contributed by atoms with Crippen LogP contribution in [0.4, 0.5) is 13.2 Å². The molecule has 7 nitrogen and oxygen atoms in total. The number of aryl methyl sites for hydroxylation is 1. The second-order valence-corrected chi connectivity index (χ2v) is 8.09. The normalized spacial score (nSPS) is 14.8. The number of Topliss-reactive ketones (excluding diaryl/α,β-unsaturated/α-hetero) is 1. The lowest BCUT2D eigenvalue weighted by atomic mass is 10.0. The van der Waals surface area contributed by atoms with Crippen molar-refractivity contribution in [3.8, 4) is 5.75 Å². The van der Waals surface area contributed by atoms with E-state index in [2.05, 4.69) is 10.1 Å². The van der Waals surface area contributed by atoms with Gasteiger partial charge in [-0.2, -0.15) is 13.2 Å². The molecular formula is C24H22F3N3O4. The van der Waals surface area contributed by atoms with E-state index in [0.717, 1.165) is 11.6 Å². The number of halogens is 3. The predicted octanol–water partition coefficient (Wildman–Crippen LogP) is 4.51. The average Bonchev–Trinajstić information content (AvgIpc) is 3.36. The molecule has 1 aromatic carbocycles. The van der Waals surface area contributed by atoms with Gasteiger partial charge in [0.1, 0.15) is 23.2 Å². The van der Waals surface area contributed by atoms with Gasteiger partial charge in [-0.15, -0.1) is 0 Å². The van der Waals surface area contributed by atoms with Crippen molar-refractivity contribution in [1.82, 2.24) is 15.0 Å². The molecule has 1 aliphatic heterocycles. The molecule has 0 atom stereocenters. The molecule has 34 heavy (non-hydrogen) atoms. The third-order valence-corrected chi connectivity index (χ3v) is 5.61. The number of carbonyl (C=O) groups excluding carboxylic acids is 2. The second kappa shape index (κ2) is 9.66. The second-order valence-electron chi connectivity index (χ2n) is 8.09. The molecule has 10 heteroatoms. The maximum absolute atomic E-state index is 12.9. The van der Waals surface area contributed by atoms with Gasteiger partial charge in [0.15, 0.2) is 5.78 Å². The molecule has 1 aliphatic rings. The lowest BCUT2D eigenvalue weighted by molar-refractivity contribution is -0.141. The van der Waals surface area contributed by atoms with Crippen LogP contribution < -0.4 is 4.74 Å². The highest BCUT2D eigenvalue weighted by Gasteiger charge is 2.33. The van der Waals surface area contributed by atoms with Gasteiger partial charge in [0.25, 0.3) is 5.91 Å². The van der Waals surface area contributed by atoms with Crippen LogP contribution >= 0.6 is 0 Å². The van der Waals surface area contributed by atoms with E-state index in [1.165, 1.54) is 24.4 Å². The summed E-state index contributed by atoms with van der Waals surface area (Å²) in [6.45, 7) is 2.88. The van der Waals surface area contributed by atoms with E-state index in [4.69, 9.17) is 9.26 Å². The molecule has 0 aliphatic carbocycles. The fourth-order valence-electron chi connectivity index (χ4n) is 3.74. The zero-order valence-corrected chi connectivity index (χ0v) is 18.3. The highest BCUT2D eigenvalue weighted by atomic mass is 19.4. The first-order valence-corrected chi connectivity index (χ1v) is 10.7. The molecule has 0 unspecified atom stereocenters.